The number of hydroxylamine groups is 1. The zero-order chi connectivity index (χ0) is 20.2. The second-order valence-electron chi connectivity index (χ2n) is 6.96. The summed E-state index contributed by atoms with van der Waals surface area (Å²) in [5.41, 5.74) is 3.33. The fourth-order valence-electron chi connectivity index (χ4n) is 2.52. The third-order valence-electron chi connectivity index (χ3n) is 3.74. The molecule has 0 saturated heterocycles. The predicted molar refractivity (Wildman–Crippen MR) is 98.1 cm³/mol. The molecule has 9 nitrogen and oxygen atoms in total. The third kappa shape index (κ3) is 4.88. The fraction of sp³-hybridized carbons (Fsp3) is 0.500. The van der Waals surface area contributed by atoms with E-state index in [9.17, 15) is 14.4 Å². The number of hydrogen-bond donors (Lipinski definition) is 1. The van der Waals surface area contributed by atoms with E-state index in [1.165, 1.54) is 17.0 Å². The van der Waals surface area contributed by atoms with E-state index in [0.29, 0.717) is 23.2 Å². The molecule has 1 aliphatic heterocycles. The van der Waals surface area contributed by atoms with Crippen LogP contribution in [-0.4, -0.2) is 48.7 Å². The number of anilines is 2. The first-order valence-corrected chi connectivity index (χ1v) is 8.59. The summed E-state index contributed by atoms with van der Waals surface area (Å²) < 4.78 is 10.4. The molecular formula is C18H25N3O6. The van der Waals surface area contributed by atoms with Gasteiger partial charge in [0, 0.05) is 12.6 Å². The average Bonchev–Trinajstić information content (AvgIpc) is 3.01. The number of nitrogens with one attached hydrogen (secondary N) is 1. The number of amides is 1. The summed E-state index contributed by atoms with van der Waals surface area (Å²) in [6.45, 7) is 7.16. The van der Waals surface area contributed by atoms with Gasteiger partial charge in [0.2, 0.25) is 0 Å². The molecule has 0 aromatic heterocycles. The van der Waals surface area contributed by atoms with Crippen molar-refractivity contribution in [2.75, 3.05) is 24.2 Å². The van der Waals surface area contributed by atoms with Gasteiger partial charge in [0.25, 0.3) is 0 Å². The fourth-order valence-corrected chi connectivity index (χ4v) is 2.52. The molecule has 1 N–H and O–H groups in total. The van der Waals surface area contributed by atoms with Crippen molar-refractivity contribution < 1.29 is 28.8 Å². The summed E-state index contributed by atoms with van der Waals surface area (Å²) in [7, 11) is 1.50. The Labute approximate surface area is 158 Å². The Morgan fingerprint density at radius 2 is 2.07 bits per heavy atom. The van der Waals surface area contributed by atoms with Gasteiger partial charge in [-0.2, -0.15) is 4.94 Å². The molecule has 9 heteroatoms. The maximum atomic E-state index is 12.5. The van der Waals surface area contributed by atoms with E-state index in [1.54, 1.807) is 45.9 Å². The molecule has 1 aliphatic rings. The maximum Gasteiger partial charge on any atom is 0.411 e. The van der Waals surface area contributed by atoms with Crippen molar-refractivity contribution in [3.05, 3.63) is 23.8 Å². The standard InChI is InChI=1S/C18H25N3O6/c1-6-25-15(23)10-14(20(5)17(24)26-18(2,3)4)21-13-9-7-8-12(11-22)16(13)19-27-21/h7-9,11,14,19H,6,10H2,1-5H3. The van der Waals surface area contributed by atoms with E-state index in [-0.39, 0.29) is 13.0 Å². The molecule has 0 spiro atoms. The SMILES string of the molecule is CCOC(=O)CC(N(C)C(=O)OC(C)(C)C)N1ONc2c(C=O)cccc21. The average molecular weight is 379 g/mol. The second kappa shape index (κ2) is 8.26. The number of para-hydroxylation sites is 1. The summed E-state index contributed by atoms with van der Waals surface area (Å²) in [4.78, 5) is 42.6. The second-order valence-corrected chi connectivity index (χ2v) is 6.96. The zero-order valence-corrected chi connectivity index (χ0v) is 16.1. The van der Waals surface area contributed by atoms with E-state index >= 15 is 0 Å². The van der Waals surface area contributed by atoms with Gasteiger partial charge in [0.1, 0.15) is 11.8 Å². The third-order valence-corrected chi connectivity index (χ3v) is 3.74. The lowest BCUT2D eigenvalue weighted by atomic mass is 10.1. The number of esters is 1. The van der Waals surface area contributed by atoms with E-state index in [0.717, 1.165) is 0 Å². The summed E-state index contributed by atoms with van der Waals surface area (Å²) in [5, 5.41) is 1.35. The monoisotopic (exact) mass is 379 g/mol. The minimum absolute atomic E-state index is 0.157. The van der Waals surface area contributed by atoms with Crippen molar-refractivity contribution in [2.24, 2.45) is 0 Å². The van der Waals surface area contributed by atoms with Gasteiger partial charge in [-0.15, -0.1) is 0 Å². The van der Waals surface area contributed by atoms with Crippen LogP contribution in [0.3, 0.4) is 0 Å². The predicted octanol–water partition coefficient (Wildman–Crippen LogP) is 2.72. The van der Waals surface area contributed by atoms with Crippen LogP contribution in [0.25, 0.3) is 0 Å². The van der Waals surface area contributed by atoms with Crippen LogP contribution in [0, 0.1) is 0 Å². The summed E-state index contributed by atoms with van der Waals surface area (Å²) in [5.74, 6) is -0.499. The number of rotatable bonds is 6. The van der Waals surface area contributed by atoms with Crippen molar-refractivity contribution in [1.29, 1.82) is 0 Å². The molecular weight excluding hydrogens is 354 g/mol. The lowest BCUT2D eigenvalue weighted by Gasteiger charge is -2.34. The molecule has 1 unspecified atom stereocenters. The van der Waals surface area contributed by atoms with Crippen LogP contribution in [0.5, 0.6) is 0 Å². The zero-order valence-electron chi connectivity index (χ0n) is 16.1. The summed E-state index contributed by atoms with van der Waals surface area (Å²) in [6, 6.07) is 5.02. The van der Waals surface area contributed by atoms with Crippen LogP contribution in [0.2, 0.25) is 0 Å². The molecule has 27 heavy (non-hydrogen) atoms. The van der Waals surface area contributed by atoms with Gasteiger partial charge in [-0.25, -0.2) is 15.3 Å². The molecule has 2 rings (SSSR count). The minimum Gasteiger partial charge on any atom is -0.466 e. The van der Waals surface area contributed by atoms with Gasteiger partial charge in [-0.05, 0) is 39.8 Å². The smallest absolute Gasteiger partial charge is 0.411 e. The van der Waals surface area contributed by atoms with Gasteiger partial charge in [-0.1, -0.05) is 6.07 Å². The number of benzene rings is 1. The first-order chi connectivity index (χ1) is 12.7. The quantitative estimate of drug-likeness (QED) is 0.595. The first kappa shape index (κ1) is 20.5. The summed E-state index contributed by atoms with van der Waals surface area (Å²) >= 11 is 0. The molecule has 1 aromatic rings. The highest BCUT2D eigenvalue weighted by Gasteiger charge is 2.37. The molecule has 1 heterocycles. The Hall–Kier alpha value is -2.81. The number of carbonyl (C=O) groups is 3. The van der Waals surface area contributed by atoms with Crippen molar-refractivity contribution in [3.63, 3.8) is 0 Å². The molecule has 1 amide bonds. The van der Waals surface area contributed by atoms with Gasteiger partial charge in [0.05, 0.1) is 24.4 Å². The Morgan fingerprint density at radius 1 is 1.37 bits per heavy atom. The van der Waals surface area contributed by atoms with Crippen LogP contribution < -0.4 is 10.5 Å². The Kier molecular flexibility index (Phi) is 6.27. The molecule has 148 valence electrons. The normalized spacial score (nSPS) is 14.0. The molecule has 0 fully saturated rings. The lowest BCUT2D eigenvalue weighted by molar-refractivity contribution is -0.145. The van der Waals surface area contributed by atoms with E-state index < -0.39 is 23.8 Å². The van der Waals surface area contributed by atoms with E-state index in [2.05, 4.69) is 5.48 Å². The van der Waals surface area contributed by atoms with Crippen molar-refractivity contribution in [1.82, 2.24) is 4.90 Å². The van der Waals surface area contributed by atoms with E-state index in [4.69, 9.17) is 14.4 Å². The highest BCUT2D eigenvalue weighted by atomic mass is 16.8. The van der Waals surface area contributed by atoms with Crippen LogP contribution >= 0.6 is 0 Å². The van der Waals surface area contributed by atoms with Crippen molar-refractivity contribution in [2.45, 2.75) is 45.9 Å². The molecule has 0 saturated carbocycles. The molecule has 1 atom stereocenters. The maximum absolute atomic E-state index is 12.5. The van der Waals surface area contributed by atoms with E-state index in [1.807, 2.05) is 0 Å². The van der Waals surface area contributed by atoms with Crippen LogP contribution in [-0.2, 0) is 19.2 Å². The van der Waals surface area contributed by atoms with Gasteiger partial charge in [0.15, 0.2) is 6.29 Å². The minimum atomic E-state index is -0.852. The molecule has 1 aromatic carbocycles. The Morgan fingerprint density at radius 3 is 2.67 bits per heavy atom. The van der Waals surface area contributed by atoms with Crippen molar-refractivity contribution in [3.8, 4) is 0 Å². The molecule has 0 radical (unpaired) electrons. The largest absolute Gasteiger partial charge is 0.466 e. The van der Waals surface area contributed by atoms with Gasteiger partial charge in [-0.3, -0.25) is 14.5 Å². The van der Waals surface area contributed by atoms with Crippen LogP contribution in [0.15, 0.2) is 18.2 Å². The number of fused-ring (bicyclic) bond motifs is 1. The first-order valence-electron chi connectivity index (χ1n) is 8.59. The Bertz CT molecular complexity index is 716. The Balaban J connectivity index is 2.33. The molecule has 0 bridgehead atoms. The van der Waals surface area contributed by atoms with Gasteiger partial charge < -0.3 is 9.47 Å². The molecule has 0 aliphatic carbocycles. The number of ether oxygens (including phenoxy) is 2. The van der Waals surface area contributed by atoms with Crippen LogP contribution in [0.1, 0.15) is 44.5 Å². The highest BCUT2D eigenvalue weighted by Crippen LogP contribution is 2.37. The van der Waals surface area contributed by atoms with Crippen molar-refractivity contribution >= 4 is 29.7 Å². The lowest BCUT2D eigenvalue weighted by Crippen LogP contribution is -2.51. The number of nitrogens with zero attached hydrogens (tertiary/aromatic N) is 2. The van der Waals surface area contributed by atoms with Gasteiger partial charge >= 0.3 is 12.1 Å². The highest BCUT2D eigenvalue weighted by molar-refractivity contribution is 5.91. The number of aldehydes is 1. The topological polar surface area (TPSA) is 97.4 Å². The number of carbonyl (C=O) groups excluding carboxylic acids is 3. The van der Waals surface area contributed by atoms with Crippen LogP contribution in [0.4, 0.5) is 16.2 Å². The summed E-state index contributed by atoms with van der Waals surface area (Å²) in [6.07, 6.45) is -0.943. The number of hydrogen-bond acceptors (Lipinski definition) is 8.